The van der Waals surface area contributed by atoms with Crippen LogP contribution in [0, 0.1) is 17.2 Å². The average Bonchev–Trinajstić information content (AvgIpc) is 3.05. The van der Waals surface area contributed by atoms with Crippen LogP contribution in [0.4, 0.5) is 5.69 Å². The largest absolute Gasteiger partial charge is 0.458 e. The van der Waals surface area contributed by atoms with Crippen LogP contribution in [-0.4, -0.2) is 25.4 Å². The van der Waals surface area contributed by atoms with Crippen LogP contribution in [0.2, 0.25) is 0 Å². The van der Waals surface area contributed by atoms with Gasteiger partial charge < -0.3 is 15.4 Å². The molecule has 1 aromatic rings. The lowest BCUT2D eigenvalue weighted by atomic mass is 9.75. The fourth-order valence-electron chi connectivity index (χ4n) is 4.22. The summed E-state index contributed by atoms with van der Waals surface area (Å²) in [6, 6.07) is 11.1. The summed E-state index contributed by atoms with van der Waals surface area (Å²) in [7, 11) is 0. The molecular weight excluding hydrogens is 326 g/mol. The molecule has 6 nitrogen and oxygen atoms in total. The number of nitriles is 1. The summed E-state index contributed by atoms with van der Waals surface area (Å²) in [6.07, 6.45) is 1.87. The Morgan fingerprint density at radius 1 is 1.15 bits per heavy atom. The molecule has 2 aliphatic rings. The fourth-order valence-corrected chi connectivity index (χ4v) is 4.22. The second-order valence-electron chi connectivity index (χ2n) is 6.93. The lowest BCUT2D eigenvalue weighted by Gasteiger charge is -2.36. The third-order valence-electron chi connectivity index (χ3n) is 5.54. The lowest BCUT2D eigenvalue weighted by Crippen LogP contribution is -2.41. The minimum absolute atomic E-state index is 0.0662. The van der Waals surface area contributed by atoms with Crippen LogP contribution in [0.5, 0.6) is 0 Å². The van der Waals surface area contributed by atoms with Crippen molar-refractivity contribution in [1.82, 2.24) is 10.9 Å². The Balaban J connectivity index is 1.98. The van der Waals surface area contributed by atoms with Crippen molar-refractivity contribution in [2.75, 3.05) is 18.0 Å². The Bertz CT molecular complexity index is 689. The highest BCUT2D eigenvalue weighted by atomic mass is 16.5. The van der Waals surface area contributed by atoms with E-state index in [-0.39, 0.29) is 30.0 Å². The monoisotopic (exact) mass is 355 g/mol. The van der Waals surface area contributed by atoms with Crippen molar-refractivity contribution in [2.45, 2.75) is 51.8 Å². The van der Waals surface area contributed by atoms with Crippen LogP contribution in [0.1, 0.15) is 45.1 Å². The maximum absolute atomic E-state index is 9.73. The van der Waals surface area contributed by atoms with Gasteiger partial charge in [-0.2, -0.15) is 5.26 Å². The summed E-state index contributed by atoms with van der Waals surface area (Å²) in [5.41, 5.74) is 15.5. The van der Waals surface area contributed by atoms with Gasteiger partial charge in [0.1, 0.15) is 6.07 Å². The predicted molar refractivity (Wildman–Crippen MR) is 103 cm³/mol. The van der Waals surface area contributed by atoms with E-state index in [0.717, 1.165) is 31.5 Å². The molecule has 0 spiro atoms. The number of anilines is 1. The summed E-state index contributed by atoms with van der Waals surface area (Å²) in [6.45, 7) is 8.43. The number of hydrazine groups is 1. The van der Waals surface area contributed by atoms with Gasteiger partial charge in [0.05, 0.1) is 5.57 Å². The topological polar surface area (TPSA) is 86.3 Å². The van der Waals surface area contributed by atoms with Gasteiger partial charge in [0, 0.05) is 36.7 Å². The van der Waals surface area contributed by atoms with Crippen molar-refractivity contribution in [1.29, 1.82) is 5.26 Å². The zero-order chi connectivity index (χ0) is 18.7. The van der Waals surface area contributed by atoms with Gasteiger partial charge >= 0.3 is 0 Å². The predicted octanol–water partition coefficient (Wildman–Crippen LogP) is 2.56. The van der Waals surface area contributed by atoms with Crippen LogP contribution in [0.3, 0.4) is 0 Å². The molecule has 4 atom stereocenters. The van der Waals surface area contributed by atoms with Gasteiger partial charge in [-0.15, -0.1) is 0 Å². The van der Waals surface area contributed by atoms with Crippen LogP contribution in [0.25, 0.3) is 0 Å². The first-order valence-electron chi connectivity index (χ1n) is 9.56. The number of allylic oxidation sites excluding steroid dienone is 1. The van der Waals surface area contributed by atoms with Crippen molar-refractivity contribution in [3.63, 3.8) is 0 Å². The summed E-state index contributed by atoms with van der Waals surface area (Å²) >= 11 is 0. The Labute approximate surface area is 156 Å². The first-order valence-corrected chi connectivity index (χ1v) is 9.56. The van der Waals surface area contributed by atoms with E-state index in [1.54, 1.807) is 0 Å². The standard InChI is InChI=1S/C20H29N5O/c1-4-7-16-18-17(15(12-21)19(22)26-20(18)24-23-16)13-8-10-14(11-9-13)25(5-2)6-3/h8-11,16-18,20,23-24H,4-7,22H2,1-3H3. The Morgan fingerprint density at radius 2 is 1.85 bits per heavy atom. The molecule has 0 saturated carbocycles. The quantitative estimate of drug-likeness (QED) is 0.727. The van der Waals surface area contributed by atoms with E-state index in [1.165, 1.54) is 5.69 Å². The number of nitrogens with one attached hydrogen (secondary N) is 2. The molecule has 26 heavy (non-hydrogen) atoms. The summed E-state index contributed by atoms with van der Waals surface area (Å²) in [4.78, 5) is 2.31. The van der Waals surface area contributed by atoms with Crippen molar-refractivity contribution in [3.05, 3.63) is 41.3 Å². The third kappa shape index (κ3) is 3.25. The molecule has 0 radical (unpaired) electrons. The van der Waals surface area contributed by atoms with Crippen LogP contribution in [0.15, 0.2) is 35.7 Å². The third-order valence-corrected chi connectivity index (χ3v) is 5.54. The van der Waals surface area contributed by atoms with E-state index in [2.05, 4.69) is 66.9 Å². The zero-order valence-corrected chi connectivity index (χ0v) is 15.8. The number of hydrogen-bond donors (Lipinski definition) is 3. The Morgan fingerprint density at radius 3 is 2.42 bits per heavy atom. The maximum Gasteiger partial charge on any atom is 0.200 e. The molecular formula is C20H29N5O. The van der Waals surface area contributed by atoms with E-state index in [9.17, 15) is 5.26 Å². The molecule has 0 amide bonds. The molecule has 2 heterocycles. The van der Waals surface area contributed by atoms with E-state index in [0.29, 0.717) is 5.57 Å². The van der Waals surface area contributed by atoms with E-state index in [1.807, 2.05) is 0 Å². The van der Waals surface area contributed by atoms with E-state index in [4.69, 9.17) is 10.5 Å². The smallest absolute Gasteiger partial charge is 0.200 e. The lowest BCUT2D eigenvalue weighted by molar-refractivity contribution is 0.0337. The van der Waals surface area contributed by atoms with E-state index < -0.39 is 0 Å². The molecule has 1 saturated heterocycles. The first kappa shape index (κ1) is 18.6. The normalized spacial score (nSPS) is 27.6. The molecule has 0 bridgehead atoms. The van der Waals surface area contributed by atoms with Crippen LogP contribution < -0.4 is 21.5 Å². The highest BCUT2D eigenvalue weighted by molar-refractivity contribution is 5.50. The van der Waals surface area contributed by atoms with Gasteiger partial charge in [-0.3, -0.25) is 5.43 Å². The molecule has 2 aliphatic heterocycles. The number of hydrogen-bond acceptors (Lipinski definition) is 6. The van der Waals surface area contributed by atoms with Gasteiger partial charge in [-0.1, -0.05) is 25.5 Å². The van der Waals surface area contributed by atoms with Gasteiger partial charge in [0.2, 0.25) is 5.88 Å². The molecule has 4 N–H and O–H groups in total. The van der Waals surface area contributed by atoms with Crippen molar-refractivity contribution < 1.29 is 4.74 Å². The molecule has 6 heteroatoms. The van der Waals surface area contributed by atoms with Gasteiger partial charge in [-0.25, -0.2) is 5.43 Å². The second-order valence-corrected chi connectivity index (χ2v) is 6.93. The molecule has 0 aliphatic carbocycles. The average molecular weight is 355 g/mol. The zero-order valence-electron chi connectivity index (χ0n) is 15.8. The fraction of sp³-hybridized carbons (Fsp3) is 0.550. The highest BCUT2D eigenvalue weighted by Crippen LogP contribution is 2.43. The molecule has 1 aromatic carbocycles. The van der Waals surface area contributed by atoms with Crippen LogP contribution in [-0.2, 0) is 4.74 Å². The Hall–Kier alpha value is -2.23. The van der Waals surface area contributed by atoms with Crippen LogP contribution >= 0.6 is 0 Å². The SMILES string of the molecule is CCCC1NNC2OC(N)=C(C#N)C(c3ccc(N(CC)CC)cc3)C12. The molecule has 0 aromatic heterocycles. The number of nitrogens with zero attached hydrogens (tertiary/aromatic N) is 2. The first-order chi connectivity index (χ1) is 12.6. The summed E-state index contributed by atoms with van der Waals surface area (Å²) < 4.78 is 5.79. The van der Waals surface area contributed by atoms with Gasteiger partial charge in [0.15, 0.2) is 6.23 Å². The van der Waals surface area contributed by atoms with Crippen molar-refractivity contribution in [2.24, 2.45) is 11.7 Å². The minimum atomic E-state index is -0.212. The number of benzene rings is 1. The summed E-state index contributed by atoms with van der Waals surface area (Å²) in [5, 5.41) is 9.73. The highest BCUT2D eigenvalue weighted by Gasteiger charge is 2.48. The number of rotatable bonds is 6. The number of ether oxygens (including phenoxy) is 1. The van der Waals surface area contributed by atoms with Gasteiger partial charge in [-0.05, 0) is 38.0 Å². The van der Waals surface area contributed by atoms with E-state index >= 15 is 0 Å². The number of nitrogens with two attached hydrogens (primary N) is 1. The molecule has 140 valence electrons. The minimum Gasteiger partial charge on any atom is -0.458 e. The molecule has 4 unspecified atom stereocenters. The van der Waals surface area contributed by atoms with Gasteiger partial charge in [0.25, 0.3) is 0 Å². The maximum atomic E-state index is 9.73. The number of fused-ring (bicyclic) bond motifs is 1. The molecule has 1 fully saturated rings. The Kier molecular flexibility index (Phi) is 5.70. The van der Waals surface area contributed by atoms with Crippen molar-refractivity contribution >= 4 is 5.69 Å². The van der Waals surface area contributed by atoms with Crippen molar-refractivity contribution in [3.8, 4) is 6.07 Å². The summed E-state index contributed by atoms with van der Waals surface area (Å²) in [5.74, 6) is 0.303. The second kappa shape index (κ2) is 7.98. The molecule has 3 rings (SSSR count).